The van der Waals surface area contributed by atoms with Gasteiger partial charge in [-0.1, -0.05) is 26.3 Å². The lowest BCUT2D eigenvalue weighted by Crippen LogP contribution is -2.24. The highest BCUT2D eigenvalue weighted by molar-refractivity contribution is 5.44. The first kappa shape index (κ1) is 16.2. The first-order valence-electron chi connectivity index (χ1n) is 8.07. The van der Waals surface area contributed by atoms with E-state index in [0.717, 1.165) is 23.5 Å². The average molecular weight is 292 g/mol. The van der Waals surface area contributed by atoms with Crippen molar-refractivity contribution in [2.45, 2.75) is 53.1 Å². The monoisotopic (exact) mass is 292 g/mol. The molecule has 0 amide bonds. The van der Waals surface area contributed by atoms with Crippen LogP contribution in [0.4, 0.5) is 0 Å². The van der Waals surface area contributed by atoms with Crippen molar-refractivity contribution in [3.8, 4) is 11.5 Å². The summed E-state index contributed by atoms with van der Waals surface area (Å²) in [5.74, 6) is 1.79. The highest BCUT2D eigenvalue weighted by atomic mass is 16.5. The van der Waals surface area contributed by atoms with Crippen LogP contribution in [0.1, 0.15) is 58.6 Å². The Bertz CT molecular complexity index is 468. The molecular formula is C18H28O3. The number of hydrogen-bond acceptors (Lipinski definition) is 3. The van der Waals surface area contributed by atoms with Crippen molar-refractivity contribution >= 4 is 0 Å². The normalized spacial score (nSPS) is 22.0. The minimum Gasteiger partial charge on any atom is -0.490 e. The largest absolute Gasteiger partial charge is 0.490 e. The molecule has 2 atom stereocenters. The number of aliphatic hydroxyl groups excluding tert-OH is 1. The Morgan fingerprint density at radius 3 is 2.43 bits per heavy atom. The molecule has 2 unspecified atom stereocenters. The van der Waals surface area contributed by atoms with E-state index in [4.69, 9.17) is 9.47 Å². The smallest absolute Gasteiger partial charge is 0.161 e. The number of ether oxygens (including phenoxy) is 2. The maximum atomic E-state index is 10.8. The van der Waals surface area contributed by atoms with Gasteiger partial charge in [0, 0.05) is 0 Å². The molecule has 1 aromatic rings. The molecular weight excluding hydrogens is 264 g/mol. The standard InChI is InChI=1S/C18H28O3/c1-5-20-15-10-9-13(12-16(15)21-6-2)17(19)14-8-7-11-18(14,3)4/h9-10,12,14,17,19H,5-8,11H2,1-4H3. The van der Waals surface area contributed by atoms with E-state index >= 15 is 0 Å². The van der Waals surface area contributed by atoms with E-state index in [1.165, 1.54) is 12.8 Å². The van der Waals surface area contributed by atoms with Gasteiger partial charge in [0.2, 0.25) is 0 Å². The highest BCUT2D eigenvalue weighted by Gasteiger charge is 2.39. The topological polar surface area (TPSA) is 38.7 Å². The number of rotatable bonds is 6. The SMILES string of the molecule is CCOc1ccc(C(O)C2CCCC2(C)C)cc1OCC. The minimum atomic E-state index is -0.433. The van der Waals surface area contributed by atoms with Crippen LogP contribution in [-0.4, -0.2) is 18.3 Å². The van der Waals surface area contributed by atoms with Crippen molar-refractivity contribution in [1.82, 2.24) is 0 Å². The van der Waals surface area contributed by atoms with Gasteiger partial charge in [-0.15, -0.1) is 0 Å². The predicted octanol–water partition coefficient (Wildman–Crippen LogP) is 4.34. The molecule has 1 aliphatic rings. The van der Waals surface area contributed by atoms with Crippen LogP contribution in [0.5, 0.6) is 11.5 Å². The second-order valence-corrected chi connectivity index (χ2v) is 6.50. The lowest BCUT2D eigenvalue weighted by atomic mass is 9.77. The van der Waals surface area contributed by atoms with Gasteiger partial charge in [0.25, 0.3) is 0 Å². The molecule has 0 bridgehead atoms. The fourth-order valence-corrected chi connectivity index (χ4v) is 3.42. The Morgan fingerprint density at radius 1 is 1.19 bits per heavy atom. The van der Waals surface area contributed by atoms with Crippen LogP contribution in [0, 0.1) is 11.3 Å². The molecule has 0 heterocycles. The summed E-state index contributed by atoms with van der Waals surface area (Å²) in [6.07, 6.45) is 3.04. The summed E-state index contributed by atoms with van der Waals surface area (Å²) in [5.41, 5.74) is 1.13. The van der Waals surface area contributed by atoms with Crippen LogP contribution in [-0.2, 0) is 0 Å². The molecule has 3 nitrogen and oxygen atoms in total. The van der Waals surface area contributed by atoms with Gasteiger partial charge >= 0.3 is 0 Å². The van der Waals surface area contributed by atoms with Crippen molar-refractivity contribution in [2.24, 2.45) is 11.3 Å². The van der Waals surface area contributed by atoms with E-state index in [1.54, 1.807) is 0 Å². The van der Waals surface area contributed by atoms with Gasteiger partial charge in [0.05, 0.1) is 19.3 Å². The Kier molecular flexibility index (Phi) is 5.15. The van der Waals surface area contributed by atoms with Gasteiger partial charge in [-0.2, -0.15) is 0 Å². The van der Waals surface area contributed by atoms with Crippen molar-refractivity contribution in [2.75, 3.05) is 13.2 Å². The van der Waals surface area contributed by atoms with Crippen molar-refractivity contribution in [3.63, 3.8) is 0 Å². The molecule has 1 fully saturated rings. The highest BCUT2D eigenvalue weighted by Crippen LogP contribution is 2.49. The Morgan fingerprint density at radius 2 is 1.86 bits per heavy atom. The van der Waals surface area contributed by atoms with E-state index in [2.05, 4.69) is 13.8 Å². The molecule has 0 spiro atoms. The summed E-state index contributed by atoms with van der Waals surface area (Å²) in [5, 5.41) is 10.8. The summed E-state index contributed by atoms with van der Waals surface area (Å²) in [6, 6.07) is 5.81. The lowest BCUT2D eigenvalue weighted by molar-refractivity contribution is 0.0529. The van der Waals surface area contributed by atoms with Gasteiger partial charge in [0.15, 0.2) is 11.5 Å². The van der Waals surface area contributed by atoms with Crippen molar-refractivity contribution in [1.29, 1.82) is 0 Å². The summed E-state index contributed by atoms with van der Waals surface area (Å²) >= 11 is 0. The summed E-state index contributed by atoms with van der Waals surface area (Å²) < 4.78 is 11.2. The molecule has 1 aliphatic carbocycles. The van der Waals surface area contributed by atoms with E-state index in [0.29, 0.717) is 19.1 Å². The van der Waals surface area contributed by atoms with E-state index in [-0.39, 0.29) is 5.41 Å². The predicted molar refractivity (Wildman–Crippen MR) is 84.9 cm³/mol. The van der Waals surface area contributed by atoms with Crippen LogP contribution < -0.4 is 9.47 Å². The third kappa shape index (κ3) is 3.52. The van der Waals surface area contributed by atoms with E-state index in [9.17, 15) is 5.11 Å². The summed E-state index contributed by atoms with van der Waals surface area (Å²) in [6.45, 7) is 9.63. The Labute approximate surface area is 128 Å². The second-order valence-electron chi connectivity index (χ2n) is 6.50. The van der Waals surface area contributed by atoms with E-state index in [1.807, 2.05) is 32.0 Å². The molecule has 1 aromatic carbocycles. The Hall–Kier alpha value is -1.22. The molecule has 0 radical (unpaired) electrons. The van der Waals surface area contributed by atoms with E-state index < -0.39 is 6.10 Å². The molecule has 118 valence electrons. The van der Waals surface area contributed by atoms with Gasteiger partial charge < -0.3 is 14.6 Å². The minimum absolute atomic E-state index is 0.198. The van der Waals surface area contributed by atoms with Gasteiger partial charge in [-0.05, 0) is 55.7 Å². The van der Waals surface area contributed by atoms with Crippen LogP contribution in [0.3, 0.4) is 0 Å². The maximum Gasteiger partial charge on any atom is 0.161 e. The second kappa shape index (κ2) is 6.69. The zero-order chi connectivity index (χ0) is 15.5. The zero-order valence-corrected chi connectivity index (χ0v) is 13.7. The Balaban J connectivity index is 2.25. The molecule has 21 heavy (non-hydrogen) atoms. The molecule has 2 rings (SSSR count). The first-order valence-corrected chi connectivity index (χ1v) is 8.07. The van der Waals surface area contributed by atoms with Gasteiger partial charge in [-0.3, -0.25) is 0 Å². The summed E-state index contributed by atoms with van der Waals surface area (Å²) in [4.78, 5) is 0. The van der Waals surface area contributed by atoms with Crippen LogP contribution in [0.15, 0.2) is 18.2 Å². The zero-order valence-electron chi connectivity index (χ0n) is 13.7. The molecule has 1 N–H and O–H groups in total. The number of hydrogen-bond donors (Lipinski definition) is 1. The van der Waals surface area contributed by atoms with Crippen LogP contribution in [0.2, 0.25) is 0 Å². The molecule has 0 aromatic heterocycles. The molecule has 0 aliphatic heterocycles. The van der Waals surface area contributed by atoms with Crippen LogP contribution in [0.25, 0.3) is 0 Å². The maximum absolute atomic E-state index is 10.8. The van der Waals surface area contributed by atoms with Gasteiger partial charge in [0.1, 0.15) is 0 Å². The third-order valence-corrected chi connectivity index (χ3v) is 4.63. The van der Waals surface area contributed by atoms with Crippen molar-refractivity contribution in [3.05, 3.63) is 23.8 Å². The quantitative estimate of drug-likeness (QED) is 0.847. The third-order valence-electron chi connectivity index (χ3n) is 4.63. The fraction of sp³-hybridized carbons (Fsp3) is 0.667. The summed E-state index contributed by atoms with van der Waals surface area (Å²) in [7, 11) is 0. The fourth-order valence-electron chi connectivity index (χ4n) is 3.42. The number of aliphatic hydroxyl groups is 1. The molecule has 3 heteroatoms. The van der Waals surface area contributed by atoms with Crippen LogP contribution >= 0.6 is 0 Å². The molecule has 1 saturated carbocycles. The number of benzene rings is 1. The first-order chi connectivity index (χ1) is 9.99. The van der Waals surface area contributed by atoms with Crippen molar-refractivity contribution < 1.29 is 14.6 Å². The van der Waals surface area contributed by atoms with Gasteiger partial charge in [-0.25, -0.2) is 0 Å². The lowest BCUT2D eigenvalue weighted by Gasteiger charge is -2.31. The molecule has 0 saturated heterocycles. The average Bonchev–Trinajstić information content (AvgIpc) is 2.80.